The molecule has 1 saturated heterocycles. The van der Waals surface area contributed by atoms with Gasteiger partial charge in [0.05, 0.1) is 13.2 Å². The zero-order valence-electron chi connectivity index (χ0n) is 12.1. The Morgan fingerprint density at radius 2 is 2.27 bits per heavy atom. The lowest BCUT2D eigenvalue weighted by Crippen LogP contribution is -2.58. The average molecular weight is 318 g/mol. The quantitative estimate of drug-likeness (QED) is 0.926. The van der Waals surface area contributed by atoms with E-state index in [2.05, 4.69) is 4.98 Å². The van der Waals surface area contributed by atoms with Crippen LogP contribution in [0.15, 0.2) is 18.3 Å². The topological polar surface area (TPSA) is 62.7 Å². The third-order valence-corrected chi connectivity index (χ3v) is 3.57. The van der Waals surface area contributed by atoms with Gasteiger partial charge in [-0.05, 0) is 31.9 Å². The molecular weight excluding hydrogens is 301 g/mol. The molecule has 0 spiro atoms. The normalized spacial score (nSPS) is 22.5. The second-order valence-electron chi connectivity index (χ2n) is 5.15. The van der Waals surface area contributed by atoms with Crippen LogP contribution in [0.4, 0.5) is 13.2 Å². The Labute approximate surface area is 125 Å². The van der Waals surface area contributed by atoms with E-state index in [0.29, 0.717) is 0 Å². The number of β-amino-alcohol motifs (C(OH)–C–C–N with tert-alkyl or cyclic N) is 1. The molecule has 2 heterocycles. The highest BCUT2D eigenvalue weighted by Gasteiger charge is 2.56. The van der Waals surface area contributed by atoms with E-state index in [0.717, 1.165) is 4.90 Å². The number of halogens is 3. The van der Waals surface area contributed by atoms with Gasteiger partial charge in [0.2, 0.25) is 5.88 Å². The Bertz CT molecular complexity index is 550. The molecule has 0 aliphatic carbocycles. The highest BCUT2D eigenvalue weighted by Crippen LogP contribution is 2.37. The summed E-state index contributed by atoms with van der Waals surface area (Å²) in [7, 11) is 0. The van der Waals surface area contributed by atoms with Crippen molar-refractivity contribution in [2.75, 3.05) is 19.7 Å². The molecule has 1 unspecified atom stereocenters. The lowest BCUT2D eigenvalue weighted by molar-refractivity contribution is -0.271. The van der Waals surface area contributed by atoms with Gasteiger partial charge in [-0.3, -0.25) is 4.79 Å². The van der Waals surface area contributed by atoms with Crippen molar-refractivity contribution in [1.29, 1.82) is 0 Å². The summed E-state index contributed by atoms with van der Waals surface area (Å²) in [6, 6.07) is 2.96. The van der Waals surface area contributed by atoms with Gasteiger partial charge in [0, 0.05) is 12.7 Å². The first-order chi connectivity index (χ1) is 10.3. The number of aromatic nitrogens is 1. The van der Waals surface area contributed by atoms with Gasteiger partial charge in [0.25, 0.3) is 5.91 Å². The molecule has 0 aromatic carbocycles. The minimum absolute atomic E-state index is 0.0754. The van der Waals surface area contributed by atoms with Crippen molar-refractivity contribution in [1.82, 2.24) is 9.88 Å². The maximum absolute atomic E-state index is 12.9. The summed E-state index contributed by atoms with van der Waals surface area (Å²) < 4.78 is 44.0. The molecule has 1 aromatic heterocycles. The second-order valence-corrected chi connectivity index (χ2v) is 5.15. The number of carbonyl (C=O) groups is 1. The predicted molar refractivity (Wildman–Crippen MR) is 71.5 cm³/mol. The number of amides is 1. The van der Waals surface area contributed by atoms with Crippen LogP contribution >= 0.6 is 0 Å². The van der Waals surface area contributed by atoms with E-state index in [1.165, 1.54) is 18.3 Å². The van der Waals surface area contributed by atoms with Crippen LogP contribution in [0.3, 0.4) is 0 Å². The maximum atomic E-state index is 12.9. The zero-order valence-corrected chi connectivity index (χ0v) is 12.1. The molecule has 122 valence electrons. The third kappa shape index (κ3) is 3.16. The predicted octanol–water partition coefficient (Wildman–Crippen LogP) is 2.01. The van der Waals surface area contributed by atoms with E-state index in [1.807, 2.05) is 0 Å². The third-order valence-electron chi connectivity index (χ3n) is 3.57. The Balaban J connectivity index is 2.23. The fourth-order valence-corrected chi connectivity index (χ4v) is 2.42. The monoisotopic (exact) mass is 318 g/mol. The summed E-state index contributed by atoms with van der Waals surface area (Å²) in [4.78, 5) is 17.3. The molecule has 1 aliphatic rings. The summed E-state index contributed by atoms with van der Waals surface area (Å²) in [5.41, 5.74) is -2.77. The van der Waals surface area contributed by atoms with Crippen LogP contribution in [0.2, 0.25) is 0 Å². The van der Waals surface area contributed by atoms with Crippen molar-refractivity contribution in [3.63, 3.8) is 0 Å². The number of nitrogens with zero attached hydrogens (tertiary/aromatic N) is 2. The molecule has 1 aromatic rings. The summed E-state index contributed by atoms with van der Waals surface area (Å²) in [5, 5.41) is 9.78. The molecule has 22 heavy (non-hydrogen) atoms. The first-order valence-electron chi connectivity index (χ1n) is 6.94. The van der Waals surface area contributed by atoms with Gasteiger partial charge in [-0.15, -0.1) is 0 Å². The van der Waals surface area contributed by atoms with Crippen LogP contribution in [-0.2, 0) is 0 Å². The van der Waals surface area contributed by atoms with Crippen molar-refractivity contribution >= 4 is 5.91 Å². The highest BCUT2D eigenvalue weighted by molar-refractivity contribution is 5.96. The molecule has 0 radical (unpaired) electrons. The van der Waals surface area contributed by atoms with Gasteiger partial charge in [-0.2, -0.15) is 13.2 Å². The first-order valence-corrected chi connectivity index (χ1v) is 6.94. The van der Waals surface area contributed by atoms with E-state index >= 15 is 0 Å². The molecule has 8 heteroatoms. The Morgan fingerprint density at radius 1 is 1.55 bits per heavy atom. The maximum Gasteiger partial charge on any atom is 0.418 e. The molecule has 2 rings (SSSR count). The van der Waals surface area contributed by atoms with Crippen LogP contribution in [0.5, 0.6) is 5.88 Å². The molecular formula is C14H17F3N2O3. The number of piperidine rings is 1. The molecule has 1 fully saturated rings. The molecule has 1 aliphatic heterocycles. The first kappa shape index (κ1) is 16.5. The van der Waals surface area contributed by atoms with E-state index < -0.39 is 30.7 Å². The lowest BCUT2D eigenvalue weighted by atomic mass is 9.92. The van der Waals surface area contributed by atoms with Crippen molar-refractivity contribution in [2.45, 2.75) is 31.5 Å². The minimum atomic E-state index is -4.77. The Morgan fingerprint density at radius 3 is 2.91 bits per heavy atom. The number of hydrogen-bond donors (Lipinski definition) is 1. The largest absolute Gasteiger partial charge is 0.477 e. The summed E-state index contributed by atoms with van der Waals surface area (Å²) >= 11 is 0. The molecule has 0 bridgehead atoms. The molecule has 1 N–H and O–H groups in total. The zero-order chi connectivity index (χ0) is 16.4. The van der Waals surface area contributed by atoms with E-state index in [9.17, 15) is 23.1 Å². The van der Waals surface area contributed by atoms with Gasteiger partial charge in [0.15, 0.2) is 5.60 Å². The summed E-state index contributed by atoms with van der Waals surface area (Å²) in [5.74, 6) is -0.546. The van der Waals surface area contributed by atoms with E-state index in [-0.39, 0.29) is 31.0 Å². The second kappa shape index (κ2) is 6.12. The number of ether oxygens (including phenoxy) is 1. The van der Waals surface area contributed by atoms with E-state index in [4.69, 9.17) is 4.74 Å². The number of carbonyl (C=O) groups excluding carboxylic acids is 1. The number of alkyl halides is 3. The van der Waals surface area contributed by atoms with Crippen LogP contribution in [0.25, 0.3) is 0 Å². The van der Waals surface area contributed by atoms with Crippen LogP contribution in [0.1, 0.15) is 30.1 Å². The van der Waals surface area contributed by atoms with Crippen molar-refractivity contribution < 1.29 is 27.8 Å². The standard InChI is InChI=1S/C14H17F3N2O3/c1-2-22-11-10(5-3-7-18-11)12(20)19-8-4-6-13(21,9-19)14(15,16)17/h3,5,7,21H,2,4,6,8-9H2,1H3. The molecule has 0 saturated carbocycles. The number of hydrogen-bond acceptors (Lipinski definition) is 4. The average Bonchev–Trinajstić information content (AvgIpc) is 2.46. The number of rotatable bonds is 3. The Kier molecular flexibility index (Phi) is 4.60. The number of pyridine rings is 1. The van der Waals surface area contributed by atoms with Crippen LogP contribution in [-0.4, -0.2) is 52.4 Å². The SMILES string of the molecule is CCOc1ncccc1C(=O)N1CCCC(O)(C(F)(F)F)C1. The minimum Gasteiger partial charge on any atom is -0.477 e. The molecule has 5 nitrogen and oxygen atoms in total. The Hall–Kier alpha value is -1.83. The van der Waals surface area contributed by atoms with Crippen molar-refractivity contribution in [3.05, 3.63) is 23.9 Å². The highest BCUT2D eigenvalue weighted by atomic mass is 19.4. The van der Waals surface area contributed by atoms with Crippen molar-refractivity contribution in [3.8, 4) is 5.88 Å². The van der Waals surface area contributed by atoms with E-state index in [1.54, 1.807) is 6.92 Å². The lowest BCUT2D eigenvalue weighted by Gasteiger charge is -2.40. The summed E-state index contributed by atoms with van der Waals surface area (Å²) in [6.45, 7) is 1.36. The fraction of sp³-hybridized carbons (Fsp3) is 0.571. The van der Waals surface area contributed by atoms with Gasteiger partial charge < -0.3 is 14.7 Å². The van der Waals surface area contributed by atoms with Gasteiger partial charge in [-0.25, -0.2) is 4.98 Å². The van der Waals surface area contributed by atoms with Crippen molar-refractivity contribution in [2.24, 2.45) is 0 Å². The fourth-order valence-electron chi connectivity index (χ4n) is 2.42. The number of likely N-dealkylation sites (tertiary alicyclic amines) is 1. The smallest absolute Gasteiger partial charge is 0.418 e. The molecule has 1 amide bonds. The van der Waals surface area contributed by atoms with Gasteiger partial charge in [-0.1, -0.05) is 0 Å². The number of aliphatic hydroxyl groups is 1. The van der Waals surface area contributed by atoms with Crippen LogP contribution < -0.4 is 4.74 Å². The van der Waals surface area contributed by atoms with Crippen LogP contribution in [0, 0.1) is 0 Å². The molecule has 1 atom stereocenters. The van der Waals surface area contributed by atoms with Gasteiger partial charge >= 0.3 is 6.18 Å². The summed E-state index contributed by atoms with van der Waals surface area (Å²) in [6.07, 6.45) is -3.68. The van der Waals surface area contributed by atoms with Gasteiger partial charge in [0.1, 0.15) is 5.56 Å².